The molecule has 0 aromatic rings. The maximum absolute atomic E-state index is 11.2. The Morgan fingerprint density at radius 2 is 1.86 bits per heavy atom. The summed E-state index contributed by atoms with van der Waals surface area (Å²) in [5.41, 5.74) is 0.0557. The molecule has 82 valence electrons. The minimum Gasteiger partial charge on any atom is -0.463 e. The lowest BCUT2D eigenvalue weighted by Crippen LogP contribution is -2.09. The molecule has 0 aliphatic heterocycles. The van der Waals surface area contributed by atoms with Crippen molar-refractivity contribution in [2.45, 2.75) is 27.2 Å². The van der Waals surface area contributed by atoms with Crippen LogP contribution in [0.1, 0.15) is 27.2 Å². The Labute approximate surface area is 82.9 Å². The molecule has 0 fully saturated rings. The van der Waals surface area contributed by atoms with Crippen LogP contribution < -0.4 is 0 Å². The molecule has 0 saturated carbocycles. The van der Waals surface area contributed by atoms with Crippen LogP contribution in [0.15, 0.2) is 10.9 Å². The first-order chi connectivity index (χ1) is 6.34. The van der Waals surface area contributed by atoms with Crippen molar-refractivity contribution in [2.24, 2.45) is 0 Å². The van der Waals surface area contributed by atoms with Crippen LogP contribution in [-0.2, 0) is 14.1 Å². The average Bonchev–Trinajstić information content (AvgIpc) is 2.04. The Kier molecular flexibility index (Phi) is 5.05. The molecular weight excluding hydrogens is 207 g/mol. The van der Waals surface area contributed by atoms with Gasteiger partial charge in [-0.15, -0.1) is 0 Å². The third-order valence-electron chi connectivity index (χ3n) is 1.75. The molecule has 5 nitrogen and oxygen atoms in total. The number of hydrogen-bond acceptors (Lipinski definition) is 3. The van der Waals surface area contributed by atoms with Crippen LogP contribution in [0.25, 0.3) is 0 Å². The second-order valence-electron chi connectivity index (χ2n) is 2.68. The predicted octanol–water partition coefficient (Wildman–Crippen LogP) is 1.41. The molecule has 0 aliphatic carbocycles. The van der Waals surface area contributed by atoms with Gasteiger partial charge in [0.05, 0.1) is 6.61 Å². The molecule has 0 aliphatic rings. The Morgan fingerprint density at radius 1 is 1.36 bits per heavy atom. The van der Waals surface area contributed by atoms with E-state index in [0.29, 0.717) is 0 Å². The van der Waals surface area contributed by atoms with Crippen molar-refractivity contribution in [3.8, 4) is 0 Å². The zero-order valence-electron chi connectivity index (χ0n) is 8.48. The zero-order valence-corrected chi connectivity index (χ0v) is 9.38. The van der Waals surface area contributed by atoms with E-state index in [0.717, 1.165) is 0 Å². The highest BCUT2D eigenvalue weighted by molar-refractivity contribution is 7.56. The molecular formula is C8H15O5P. The summed E-state index contributed by atoms with van der Waals surface area (Å²) in [6, 6.07) is 0. The number of hydrogen-bond donors (Lipinski definition) is 2. The first-order valence-corrected chi connectivity index (χ1v) is 5.88. The fourth-order valence-electron chi connectivity index (χ4n) is 0.942. The molecule has 0 heterocycles. The molecule has 0 aromatic heterocycles. The van der Waals surface area contributed by atoms with E-state index < -0.39 is 13.6 Å². The van der Waals surface area contributed by atoms with E-state index in [1.165, 1.54) is 6.92 Å². The maximum atomic E-state index is 11.2. The second kappa shape index (κ2) is 5.29. The lowest BCUT2D eigenvalue weighted by atomic mass is 10.2. The van der Waals surface area contributed by atoms with E-state index in [-0.39, 0.29) is 23.9 Å². The van der Waals surface area contributed by atoms with Crippen LogP contribution in [0, 0.1) is 0 Å². The van der Waals surface area contributed by atoms with Crippen molar-refractivity contribution in [1.29, 1.82) is 0 Å². The summed E-state index contributed by atoms with van der Waals surface area (Å²) < 4.78 is 15.5. The number of ether oxygens (including phenoxy) is 1. The first kappa shape index (κ1) is 13.4. The molecule has 0 radical (unpaired) electrons. The van der Waals surface area contributed by atoms with Gasteiger partial charge in [-0.3, -0.25) is 4.57 Å². The summed E-state index contributed by atoms with van der Waals surface area (Å²) in [6.45, 7) is 4.72. The Bertz CT molecular complexity index is 288. The molecule has 0 atom stereocenters. The summed E-state index contributed by atoms with van der Waals surface area (Å²) in [6.07, 6.45) is 0.246. The molecule has 6 heteroatoms. The van der Waals surface area contributed by atoms with Gasteiger partial charge < -0.3 is 14.5 Å². The Balaban J connectivity index is 5.05. The highest BCUT2D eigenvalue weighted by Gasteiger charge is 2.24. The van der Waals surface area contributed by atoms with Crippen molar-refractivity contribution < 1.29 is 23.9 Å². The summed E-state index contributed by atoms with van der Waals surface area (Å²) in [7, 11) is -4.33. The number of esters is 1. The number of rotatable bonds is 4. The van der Waals surface area contributed by atoms with Crippen LogP contribution in [-0.4, -0.2) is 22.4 Å². The van der Waals surface area contributed by atoms with Gasteiger partial charge >= 0.3 is 13.6 Å². The molecule has 14 heavy (non-hydrogen) atoms. The number of carbonyl (C=O) groups excluding carboxylic acids is 1. The standard InChI is InChI=1S/C8H15O5P/c1-4-7(8(9)13-5-2)6(3)14(10,11)12/h4-5H2,1-3H3,(H2,10,11,12)/b7-6-. The topological polar surface area (TPSA) is 83.8 Å². The van der Waals surface area contributed by atoms with Gasteiger partial charge in [-0.05, 0) is 20.3 Å². The van der Waals surface area contributed by atoms with Crippen molar-refractivity contribution in [3.63, 3.8) is 0 Å². The summed E-state index contributed by atoms with van der Waals surface area (Å²) >= 11 is 0. The second-order valence-corrected chi connectivity index (χ2v) is 4.44. The van der Waals surface area contributed by atoms with Crippen LogP contribution in [0.5, 0.6) is 0 Å². The van der Waals surface area contributed by atoms with Gasteiger partial charge in [0.15, 0.2) is 0 Å². The monoisotopic (exact) mass is 222 g/mol. The van der Waals surface area contributed by atoms with Crippen molar-refractivity contribution >= 4 is 13.6 Å². The van der Waals surface area contributed by atoms with E-state index in [1.807, 2.05) is 0 Å². The molecule has 0 spiro atoms. The first-order valence-electron chi connectivity index (χ1n) is 4.27. The van der Waals surface area contributed by atoms with E-state index in [9.17, 15) is 9.36 Å². The average molecular weight is 222 g/mol. The van der Waals surface area contributed by atoms with Crippen molar-refractivity contribution in [1.82, 2.24) is 0 Å². The summed E-state index contributed by atoms with van der Waals surface area (Å²) in [5, 5.41) is -0.210. The number of carbonyl (C=O) groups is 1. The normalized spacial score (nSPS) is 13.5. The zero-order chi connectivity index (χ0) is 11.4. The molecule has 0 unspecified atom stereocenters. The fraction of sp³-hybridized carbons (Fsp3) is 0.625. The number of allylic oxidation sites excluding steroid dienone is 1. The van der Waals surface area contributed by atoms with Crippen LogP contribution >= 0.6 is 7.60 Å². The van der Waals surface area contributed by atoms with Gasteiger partial charge in [-0.2, -0.15) is 0 Å². The lowest BCUT2D eigenvalue weighted by molar-refractivity contribution is -0.138. The van der Waals surface area contributed by atoms with Gasteiger partial charge in [0.2, 0.25) is 0 Å². The van der Waals surface area contributed by atoms with Gasteiger partial charge in [0.1, 0.15) is 0 Å². The largest absolute Gasteiger partial charge is 0.463 e. The van der Waals surface area contributed by atoms with Gasteiger partial charge in [0.25, 0.3) is 0 Å². The van der Waals surface area contributed by atoms with E-state index in [1.54, 1.807) is 13.8 Å². The van der Waals surface area contributed by atoms with Crippen LogP contribution in [0.2, 0.25) is 0 Å². The molecule has 0 amide bonds. The molecule has 0 bridgehead atoms. The SMILES string of the molecule is CCOC(=O)/C(CC)=C(/C)P(=O)(O)O. The van der Waals surface area contributed by atoms with Gasteiger partial charge in [0, 0.05) is 10.9 Å². The smallest absolute Gasteiger partial charge is 0.352 e. The maximum Gasteiger partial charge on any atom is 0.352 e. The molecule has 0 saturated heterocycles. The third-order valence-corrected chi connectivity index (χ3v) is 2.89. The molecule has 0 rings (SSSR count). The van der Waals surface area contributed by atoms with Crippen LogP contribution in [0.4, 0.5) is 0 Å². The Morgan fingerprint density at radius 3 is 2.14 bits per heavy atom. The van der Waals surface area contributed by atoms with E-state index in [2.05, 4.69) is 4.74 Å². The van der Waals surface area contributed by atoms with E-state index >= 15 is 0 Å². The summed E-state index contributed by atoms with van der Waals surface area (Å²) in [4.78, 5) is 28.9. The summed E-state index contributed by atoms with van der Waals surface area (Å²) in [5.74, 6) is -0.657. The predicted molar refractivity (Wildman–Crippen MR) is 51.7 cm³/mol. The van der Waals surface area contributed by atoms with Crippen LogP contribution in [0.3, 0.4) is 0 Å². The Hall–Kier alpha value is -0.640. The third kappa shape index (κ3) is 3.62. The van der Waals surface area contributed by atoms with E-state index in [4.69, 9.17) is 9.79 Å². The highest BCUT2D eigenvalue weighted by Crippen LogP contribution is 2.46. The minimum absolute atomic E-state index is 0.0557. The van der Waals surface area contributed by atoms with Gasteiger partial charge in [-0.25, -0.2) is 4.79 Å². The lowest BCUT2D eigenvalue weighted by Gasteiger charge is -2.10. The fourth-order valence-corrected chi connectivity index (χ4v) is 1.54. The van der Waals surface area contributed by atoms with Crippen molar-refractivity contribution in [2.75, 3.05) is 6.61 Å². The highest BCUT2D eigenvalue weighted by atomic mass is 31.2. The molecule has 0 aromatic carbocycles. The van der Waals surface area contributed by atoms with Gasteiger partial charge in [-0.1, -0.05) is 6.92 Å². The quantitative estimate of drug-likeness (QED) is 0.427. The van der Waals surface area contributed by atoms with Crippen molar-refractivity contribution in [3.05, 3.63) is 10.9 Å². The minimum atomic E-state index is -4.33. The molecule has 2 N–H and O–H groups in total.